The Bertz CT molecular complexity index is 382. The van der Waals surface area contributed by atoms with Gasteiger partial charge in [0.15, 0.2) is 0 Å². The topological polar surface area (TPSA) is 9.23 Å². The van der Waals surface area contributed by atoms with Gasteiger partial charge in [0.2, 0.25) is 0 Å². The lowest BCUT2D eigenvalue weighted by Gasteiger charge is -2.39. The van der Waals surface area contributed by atoms with Crippen LogP contribution >= 0.6 is 0 Å². The molecule has 0 aromatic heterocycles. The Kier molecular flexibility index (Phi) is 4.71. The van der Waals surface area contributed by atoms with E-state index in [9.17, 15) is 0 Å². The number of para-hydroxylation sites is 1. The van der Waals surface area contributed by atoms with E-state index in [2.05, 4.69) is 48.5 Å². The zero-order valence-electron chi connectivity index (χ0n) is 13.7. The van der Waals surface area contributed by atoms with Crippen LogP contribution in [0.5, 0.6) is 5.75 Å². The molecule has 0 bridgehead atoms. The third-order valence-corrected chi connectivity index (χ3v) is 3.05. The van der Waals surface area contributed by atoms with Crippen LogP contribution < -0.4 is 4.74 Å². The molecule has 0 aliphatic heterocycles. The summed E-state index contributed by atoms with van der Waals surface area (Å²) in [6.45, 7) is 16.0. The van der Waals surface area contributed by atoms with Gasteiger partial charge in [-0.05, 0) is 49.7 Å². The van der Waals surface area contributed by atoms with Gasteiger partial charge >= 0.3 is 0 Å². The molecule has 0 heterocycles. The average molecular weight is 262 g/mol. The van der Waals surface area contributed by atoms with Gasteiger partial charge in [0.05, 0.1) is 0 Å². The number of benzene rings is 1. The molecule has 0 amide bonds. The molecular formula is C18H30O. The van der Waals surface area contributed by atoms with Crippen molar-refractivity contribution >= 4 is 0 Å². The Labute approximate surface area is 119 Å². The molecule has 19 heavy (non-hydrogen) atoms. The quantitative estimate of drug-likeness (QED) is 0.661. The molecule has 1 nitrogen and oxygen atoms in total. The molecule has 108 valence electrons. The molecule has 0 aliphatic carbocycles. The van der Waals surface area contributed by atoms with Gasteiger partial charge in [0.1, 0.15) is 11.4 Å². The Hall–Kier alpha value is -0.980. The van der Waals surface area contributed by atoms with Crippen LogP contribution in [0.4, 0.5) is 0 Å². The highest BCUT2D eigenvalue weighted by molar-refractivity contribution is 5.21. The van der Waals surface area contributed by atoms with Gasteiger partial charge in [-0.15, -0.1) is 0 Å². The van der Waals surface area contributed by atoms with Crippen LogP contribution in [0.1, 0.15) is 61.3 Å². The summed E-state index contributed by atoms with van der Waals surface area (Å²) >= 11 is 0. The molecule has 0 atom stereocenters. The first-order chi connectivity index (χ1) is 8.49. The molecular weight excluding hydrogens is 232 g/mol. The Morgan fingerprint density at radius 2 is 1.32 bits per heavy atom. The van der Waals surface area contributed by atoms with Gasteiger partial charge in [0.25, 0.3) is 0 Å². The van der Waals surface area contributed by atoms with Gasteiger partial charge in [-0.3, -0.25) is 0 Å². The van der Waals surface area contributed by atoms with Crippen LogP contribution in [0, 0.1) is 10.8 Å². The van der Waals surface area contributed by atoms with Gasteiger partial charge in [-0.2, -0.15) is 0 Å². The summed E-state index contributed by atoms with van der Waals surface area (Å²) < 4.78 is 6.15. The van der Waals surface area contributed by atoms with Crippen LogP contribution in [0.2, 0.25) is 0 Å². The molecule has 1 aromatic carbocycles. The lowest BCUT2D eigenvalue weighted by atomic mass is 9.71. The van der Waals surface area contributed by atoms with Crippen molar-refractivity contribution in [2.75, 3.05) is 0 Å². The van der Waals surface area contributed by atoms with Gasteiger partial charge in [-0.1, -0.05) is 52.8 Å². The zero-order valence-corrected chi connectivity index (χ0v) is 13.7. The van der Waals surface area contributed by atoms with Gasteiger partial charge in [-0.25, -0.2) is 0 Å². The average Bonchev–Trinajstić information content (AvgIpc) is 2.11. The molecule has 0 saturated heterocycles. The van der Waals surface area contributed by atoms with Crippen LogP contribution in [-0.4, -0.2) is 5.60 Å². The molecule has 0 radical (unpaired) electrons. The lowest BCUT2D eigenvalue weighted by Crippen LogP contribution is -2.36. The lowest BCUT2D eigenvalue weighted by molar-refractivity contribution is 0.0406. The molecule has 0 saturated carbocycles. The minimum Gasteiger partial charge on any atom is -0.488 e. The third kappa shape index (κ3) is 6.66. The Morgan fingerprint density at radius 3 is 1.79 bits per heavy atom. The van der Waals surface area contributed by atoms with Crippen molar-refractivity contribution in [2.24, 2.45) is 10.8 Å². The predicted molar refractivity (Wildman–Crippen MR) is 83.6 cm³/mol. The minimum atomic E-state index is -0.143. The van der Waals surface area contributed by atoms with Crippen molar-refractivity contribution in [3.63, 3.8) is 0 Å². The SMILES string of the molecule is CC(C)(C)CC(C)(C)CC(C)(C)Oc1ccccc1. The van der Waals surface area contributed by atoms with Crippen molar-refractivity contribution < 1.29 is 4.74 Å². The maximum atomic E-state index is 6.15. The highest BCUT2D eigenvalue weighted by Crippen LogP contribution is 2.40. The van der Waals surface area contributed by atoms with Crippen LogP contribution in [0.15, 0.2) is 30.3 Å². The monoisotopic (exact) mass is 262 g/mol. The van der Waals surface area contributed by atoms with Crippen molar-refractivity contribution in [1.82, 2.24) is 0 Å². The Balaban J connectivity index is 2.68. The predicted octanol–water partition coefficient (Wildman–Crippen LogP) is 5.70. The number of rotatable bonds is 5. The molecule has 0 aliphatic rings. The Morgan fingerprint density at radius 1 is 0.789 bits per heavy atom. The van der Waals surface area contributed by atoms with Gasteiger partial charge < -0.3 is 4.74 Å². The van der Waals surface area contributed by atoms with Crippen LogP contribution in [0.3, 0.4) is 0 Å². The van der Waals surface area contributed by atoms with Crippen LogP contribution in [-0.2, 0) is 0 Å². The second-order valence-corrected chi connectivity index (χ2v) is 8.25. The van der Waals surface area contributed by atoms with Crippen molar-refractivity contribution in [2.45, 2.75) is 66.9 Å². The zero-order chi connectivity index (χ0) is 14.7. The summed E-state index contributed by atoms with van der Waals surface area (Å²) in [6.07, 6.45) is 2.24. The summed E-state index contributed by atoms with van der Waals surface area (Å²) in [7, 11) is 0. The van der Waals surface area contributed by atoms with E-state index in [1.165, 1.54) is 6.42 Å². The van der Waals surface area contributed by atoms with Crippen LogP contribution in [0.25, 0.3) is 0 Å². The third-order valence-electron chi connectivity index (χ3n) is 3.05. The molecule has 0 spiro atoms. The smallest absolute Gasteiger partial charge is 0.120 e. The molecule has 1 heteroatoms. The van der Waals surface area contributed by atoms with E-state index >= 15 is 0 Å². The summed E-state index contributed by atoms with van der Waals surface area (Å²) in [6, 6.07) is 10.1. The van der Waals surface area contributed by atoms with E-state index in [4.69, 9.17) is 4.74 Å². The van der Waals surface area contributed by atoms with E-state index in [0.717, 1.165) is 12.2 Å². The fourth-order valence-electron chi connectivity index (χ4n) is 3.49. The minimum absolute atomic E-state index is 0.143. The first-order valence-electron chi connectivity index (χ1n) is 7.23. The van der Waals surface area contributed by atoms with Gasteiger partial charge in [0, 0.05) is 0 Å². The molecule has 1 rings (SSSR count). The normalized spacial score (nSPS) is 13.4. The van der Waals surface area contributed by atoms with E-state index in [-0.39, 0.29) is 11.0 Å². The highest BCUT2D eigenvalue weighted by Gasteiger charge is 2.33. The van der Waals surface area contributed by atoms with E-state index in [1.807, 2.05) is 30.3 Å². The molecule has 1 aromatic rings. The fraction of sp³-hybridized carbons (Fsp3) is 0.667. The largest absolute Gasteiger partial charge is 0.488 e. The van der Waals surface area contributed by atoms with Crippen molar-refractivity contribution in [3.05, 3.63) is 30.3 Å². The summed E-state index contributed by atoms with van der Waals surface area (Å²) in [5.41, 5.74) is 0.485. The number of ether oxygens (including phenoxy) is 1. The maximum absolute atomic E-state index is 6.15. The molecule has 0 unspecified atom stereocenters. The number of hydrogen-bond donors (Lipinski definition) is 0. The first-order valence-corrected chi connectivity index (χ1v) is 7.23. The van der Waals surface area contributed by atoms with Crippen molar-refractivity contribution in [1.29, 1.82) is 0 Å². The fourth-order valence-corrected chi connectivity index (χ4v) is 3.49. The summed E-state index contributed by atoms with van der Waals surface area (Å²) in [5.74, 6) is 0.957. The summed E-state index contributed by atoms with van der Waals surface area (Å²) in [4.78, 5) is 0. The standard InChI is InChI=1S/C18H30O/c1-16(2,3)13-17(4,5)14-18(6,7)19-15-11-9-8-10-12-15/h8-12H,13-14H2,1-7H3. The van der Waals surface area contributed by atoms with E-state index in [1.54, 1.807) is 0 Å². The summed E-state index contributed by atoms with van der Waals surface area (Å²) in [5, 5.41) is 0. The number of hydrogen-bond acceptors (Lipinski definition) is 1. The van der Waals surface area contributed by atoms with E-state index < -0.39 is 0 Å². The second kappa shape index (κ2) is 5.56. The molecule has 0 N–H and O–H groups in total. The second-order valence-electron chi connectivity index (χ2n) is 8.25. The molecule has 0 fully saturated rings. The highest BCUT2D eigenvalue weighted by atomic mass is 16.5. The first kappa shape index (κ1) is 16.1. The van der Waals surface area contributed by atoms with E-state index in [0.29, 0.717) is 5.41 Å². The van der Waals surface area contributed by atoms with Crippen molar-refractivity contribution in [3.8, 4) is 5.75 Å². The maximum Gasteiger partial charge on any atom is 0.120 e.